The second kappa shape index (κ2) is 5.14. The Balaban J connectivity index is 2.01. The van der Waals surface area contributed by atoms with E-state index in [1.54, 1.807) is 11.0 Å². The largest absolute Gasteiger partial charge is 0.346 e. The van der Waals surface area contributed by atoms with Gasteiger partial charge in [-0.1, -0.05) is 6.92 Å². The van der Waals surface area contributed by atoms with Crippen molar-refractivity contribution in [2.45, 2.75) is 32.4 Å². The molecule has 0 aliphatic heterocycles. The SMILES string of the molecule is CCC(N)Cc1ccn(Cc2ncnn2C)c1. The van der Waals surface area contributed by atoms with Crippen LogP contribution >= 0.6 is 0 Å². The number of nitrogens with zero attached hydrogens (tertiary/aromatic N) is 4. The summed E-state index contributed by atoms with van der Waals surface area (Å²) in [6.45, 7) is 2.86. The fraction of sp³-hybridized carbons (Fsp3) is 0.500. The maximum Gasteiger partial charge on any atom is 0.146 e. The van der Waals surface area contributed by atoms with Crippen LogP contribution in [0.25, 0.3) is 0 Å². The number of nitrogens with two attached hydrogens (primary N) is 1. The van der Waals surface area contributed by atoms with Crippen molar-refractivity contribution >= 4 is 0 Å². The topological polar surface area (TPSA) is 61.7 Å². The van der Waals surface area contributed by atoms with Crippen LogP contribution in [0.4, 0.5) is 0 Å². The zero-order valence-corrected chi connectivity index (χ0v) is 10.4. The molecule has 2 aromatic heterocycles. The zero-order valence-electron chi connectivity index (χ0n) is 10.4. The molecular weight excluding hydrogens is 214 g/mol. The fourth-order valence-corrected chi connectivity index (χ4v) is 1.78. The van der Waals surface area contributed by atoms with E-state index in [0.29, 0.717) is 0 Å². The molecule has 0 aromatic carbocycles. The Morgan fingerprint density at radius 1 is 1.47 bits per heavy atom. The Morgan fingerprint density at radius 2 is 2.29 bits per heavy atom. The van der Waals surface area contributed by atoms with Crippen LogP contribution in [0.3, 0.4) is 0 Å². The molecule has 1 atom stereocenters. The van der Waals surface area contributed by atoms with Crippen molar-refractivity contribution in [2.75, 3.05) is 0 Å². The quantitative estimate of drug-likeness (QED) is 0.836. The summed E-state index contributed by atoms with van der Waals surface area (Å²) < 4.78 is 3.90. The molecule has 0 bridgehead atoms. The van der Waals surface area contributed by atoms with Crippen molar-refractivity contribution in [3.05, 3.63) is 36.2 Å². The first-order valence-corrected chi connectivity index (χ1v) is 5.92. The lowest BCUT2D eigenvalue weighted by Crippen LogP contribution is -2.21. The van der Waals surface area contributed by atoms with E-state index >= 15 is 0 Å². The van der Waals surface area contributed by atoms with Crippen LogP contribution < -0.4 is 5.73 Å². The van der Waals surface area contributed by atoms with E-state index in [4.69, 9.17) is 5.73 Å². The van der Waals surface area contributed by atoms with Gasteiger partial charge in [-0.15, -0.1) is 0 Å². The highest BCUT2D eigenvalue weighted by Crippen LogP contribution is 2.07. The van der Waals surface area contributed by atoms with Crippen molar-refractivity contribution in [3.63, 3.8) is 0 Å². The Kier molecular flexibility index (Phi) is 3.58. The highest BCUT2D eigenvalue weighted by atomic mass is 15.3. The van der Waals surface area contributed by atoms with Crippen LogP contribution in [0.15, 0.2) is 24.8 Å². The maximum absolute atomic E-state index is 5.94. The molecule has 0 spiro atoms. The molecule has 0 aliphatic carbocycles. The Hall–Kier alpha value is -1.62. The highest BCUT2D eigenvalue weighted by Gasteiger charge is 2.05. The van der Waals surface area contributed by atoms with Crippen LogP contribution in [-0.4, -0.2) is 25.4 Å². The Morgan fingerprint density at radius 3 is 2.94 bits per heavy atom. The van der Waals surface area contributed by atoms with E-state index in [2.05, 4.69) is 40.0 Å². The van der Waals surface area contributed by atoms with Gasteiger partial charge in [0.25, 0.3) is 0 Å². The van der Waals surface area contributed by atoms with Gasteiger partial charge in [0.2, 0.25) is 0 Å². The first-order chi connectivity index (χ1) is 8.19. The Labute approximate surface area is 101 Å². The van der Waals surface area contributed by atoms with E-state index in [0.717, 1.165) is 25.2 Å². The second-order valence-electron chi connectivity index (χ2n) is 4.36. The van der Waals surface area contributed by atoms with Gasteiger partial charge >= 0.3 is 0 Å². The highest BCUT2D eigenvalue weighted by molar-refractivity contribution is 5.12. The number of aryl methyl sites for hydroxylation is 1. The van der Waals surface area contributed by atoms with Gasteiger partial charge in [-0.25, -0.2) is 4.98 Å². The van der Waals surface area contributed by atoms with Crippen LogP contribution in [0.5, 0.6) is 0 Å². The molecule has 5 heteroatoms. The lowest BCUT2D eigenvalue weighted by molar-refractivity contribution is 0.638. The molecule has 92 valence electrons. The van der Waals surface area contributed by atoms with E-state index in [1.807, 2.05) is 7.05 Å². The lowest BCUT2D eigenvalue weighted by Gasteiger charge is -2.06. The van der Waals surface area contributed by atoms with Gasteiger partial charge < -0.3 is 10.3 Å². The Bertz CT molecular complexity index is 471. The monoisotopic (exact) mass is 233 g/mol. The van der Waals surface area contributed by atoms with Gasteiger partial charge in [-0.3, -0.25) is 4.68 Å². The van der Waals surface area contributed by atoms with Gasteiger partial charge in [0.1, 0.15) is 12.2 Å². The zero-order chi connectivity index (χ0) is 12.3. The molecule has 0 amide bonds. The molecular formula is C12H19N5. The third-order valence-corrected chi connectivity index (χ3v) is 2.96. The van der Waals surface area contributed by atoms with E-state index in [9.17, 15) is 0 Å². The van der Waals surface area contributed by atoms with Gasteiger partial charge in [-0.05, 0) is 24.5 Å². The summed E-state index contributed by atoms with van der Waals surface area (Å²) in [6.07, 6.45) is 7.71. The van der Waals surface area contributed by atoms with Gasteiger partial charge in [0, 0.05) is 25.5 Å². The molecule has 1 unspecified atom stereocenters. The van der Waals surface area contributed by atoms with E-state index in [1.165, 1.54) is 5.56 Å². The van der Waals surface area contributed by atoms with E-state index in [-0.39, 0.29) is 6.04 Å². The smallest absolute Gasteiger partial charge is 0.146 e. The molecule has 2 heterocycles. The average molecular weight is 233 g/mol. The van der Waals surface area contributed by atoms with Crippen molar-refractivity contribution in [2.24, 2.45) is 12.8 Å². The number of hydrogen-bond acceptors (Lipinski definition) is 3. The number of aromatic nitrogens is 4. The predicted octanol–water partition coefficient (Wildman–Crippen LogP) is 0.945. The fourth-order valence-electron chi connectivity index (χ4n) is 1.78. The minimum Gasteiger partial charge on any atom is -0.346 e. The molecule has 0 radical (unpaired) electrons. The molecule has 5 nitrogen and oxygen atoms in total. The lowest BCUT2D eigenvalue weighted by atomic mass is 10.1. The number of hydrogen-bond donors (Lipinski definition) is 1. The summed E-state index contributed by atoms with van der Waals surface area (Å²) in [7, 11) is 1.90. The van der Waals surface area contributed by atoms with Gasteiger partial charge in [0.15, 0.2) is 0 Å². The van der Waals surface area contributed by atoms with Crippen LogP contribution in [0.1, 0.15) is 24.7 Å². The summed E-state index contributed by atoms with van der Waals surface area (Å²) in [5.74, 6) is 0.951. The first-order valence-electron chi connectivity index (χ1n) is 5.92. The van der Waals surface area contributed by atoms with Crippen molar-refractivity contribution in [1.82, 2.24) is 19.3 Å². The predicted molar refractivity (Wildman–Crippen MR) is 66.5 cm³/mol. The standard InChI is InChI=1S/C12H19N5/c1-3-11(13)6-10-4-5-17(7-10)8-12-14-9-15-16(12)2/h4-5,7,9,11H,3,6,8,13H2,1-2H3. The van der Waals surface area contributed by atoms with Gasteiger partial charge in [0.05, 0.1) is 6.54 Å². The van der Waals surface area contributed by atoms with Crippen LogP contribution in [-0.2, 0) is 20.0 Å². The summed E-state index contributed by atoms with van der Waals surface area (Å²) >= 11 is 0. The molecule has 17 heavy (non-hydrogen) atoms. The van der Waals surface area contributed by atoms with Gasteiger partial charge in [-0.2, -0.15) is 5.10 Å². The minimum absolute atomic E-state index is 0.251. The molecule has 2 N–H and O–H groups in total. The normalized spacial score (nSPS) is 12.9. The summed E-state index contributed by atoms with van der Waals surface area (Å²) in [6, 6.07) is 2.37. The maximum atomic E-state index is 5.94. The van der Waals surface area contributed by atoms with Crippen LogP contribution in [0.2, 0.25) is 0 Å². The minimum atomic E-state index is 0.251. The van der Waals surface area contributed by atoms with Crippen molar-refractivity contribution in [3.8, 4) is 0 Å². The third-order valence-electron chi connectivity index (χ3n) is 2.96. The molecule has 2 aromatic rings. The second-order valence-corrected chi connectivity index (χ2v) is 4.36. The van der Waals surface area contributed by atoms with Crippen molar-refractivity contribution < 1.29 is 0 Å². The molecule has 0 aliphatic rings. The van der Waals surface area contributed by atoms with Crippen LogP contribution in [0, 0.1) is 0 Å². The molecule has 2 rings (SSSR count). The number of rotatable bonds is 5. The summed E-state index contributed by atoms with van der Waals surface area (Å²) in [4.78, 5) is 4.20. The molecule has 0 saturated heterocycles. The summed E-state index contributed by atoms with van der Waals surface area (Å²) in [5, 5.41) is 4.05. The first kappa shape index (κ1) is 11.9. The van der Waals surface area contributed by atoms with E-state index < -0.39 is 0 Å². The third kappa shape index (κ3) is 2.94. The molecule has 0 fully saturated rings. The summed E-state index contributed by atoms with van der Waals surface area (Å²) in [5.41, 5.74) is 7.22. The average Bonchev–Trinajstić information content (AvgIpc) is 2.90. The van der Waals surface area contributed by atoms with Crippen molar-refractivity contribution in [1.29, 1.82) is 0 Å². The molecule has 0 saturated carbocycles.